The summed E-state index contributed by atoms with van der Waals surface area (Å²) in [5, 5.41) is 5.40. The van der Waals surface area contributed by atoms with Crippen LogP contribution in [-0.4, -0.2) is 63.2 Å². The highest BCUT2D eigenvalue weighted by atomic mass is 35.5. The van der Waals surface area contributed by atoms with Gasteiger partial charge >= 0.3 is 0 Å². The standard InChI is InChI=1S/C17H26N4O4.2ClH/c1-24-14-5-12(6-15(7-14)25-2)10-21-4-3-13(11-21)20-17(23)9-19-16(22)8-18;;/h5-7,13H,3-4,8-11,18H2,1-2H3,(H,19,22)(H,20,23);2*1H. The first-order chi connectivity index (χ1) is 12.0. The molecule has 0 radical (unpaired) electrons. The van der Waals surface area contributed by atoms with E-state index in [1.807, 2.05) is 18.2 Å². The summed E-state index contributed by atoms with van der Waals surface area (Å²) in [5.74, 6) is 0.981. The molecule has 0 aromatic heterocycles. The van der Waals surface area contributed by atoms with Crippen LogP contribution in [0, 0.1) is 0 Å². The maximum Gasteiger partial charge on any atom is 0.239 e. The summed E-state index contributed by atoms with van der Waals surface area (Å²) in [6, 6.07) is 5.88. The van der Waals surface area contributed by atoms with E-state index < -0.39 is 0 Å². The van der Waals surface area contributed by atoms with Crippen molar-refractivity contribution in [2.24, 2.45) is 5.73 Å². The number of hydrogen-bond donors (Lipinski definition) is 3. The summed E-state index contributed by atoms with van der Waals surface area (Å²) < 4.78 is 10.6. The van der Waals surface area contributed by atoms with Crippen LogP contribution in [0.15, 0.2) is 18.2 Å². The molecule has 1 fully saturated rings. The molecule has 10 heteroatoms. The lowest BCUT2D eigenvalue weighted by Gasteiger charge is -2.18. The number of rotatable bonds is 8. The lowest BCUT2D eigenvalue weighted by Crippen LogP contribution is -2.44. The van der Waals surface area contributed by atoms with E-state index in [1.165, 1.54) is 0 Å². The number of nitrogens with one attached hydrogen (secondary N) is 2. The van der Waals surface area contributed by atoms with Gasteiger partial charge in [-0.2, -0.15) is 0 Å². The van der Waals surface area contributed by atoms with Gasteiger partial charge in [0.15, 0.2) is 0 Å². The Bertz CT molecular complexity index is 596. The van der Waals surface area contributed by atoms with E-state index in [-0.39, 0.29) is 55.8 Å². The number of amides is 2. The van der Waals surface area contributed by atoms with Crippen molar-refractivity contribution >= 4 is 36.6 Å². The maximum absolute atomic E-state index is 11.8. The zero-order chi connectivity index (χ0) is 18.2. The summed E-state index contributed by atoms with van der Waals surface area (Å²) >= 11 is 0. The number of ether oxygens (including phenoxy) is 2. The van der Waals surface area contributed by atoms with Crippen LogP contribution in [0.25, 0.3) is 0 Å². The number of benzene rings is 1. The molecule has 0 bridgehead atoms. The van der Waals surface area contributed by atoms with Crippen LogP contribution in [0.4, 0.5) is 0 Å². The minimum absolute atomic E-state index is 0. The molecular weight excluding hydrogens is 395 g/mol. The summed E-state index contributed by atoms with van der Waals surface area (Å²) in [5.41, 5.74) is 6.28. The number of carbonyl (C=O) groups is 2. The van der Waals surface area contributed by atoms with E-state index >= 15 is 0 Å². The van der Waals surface area contributed by atoms with Gasteiger partial charge in [-0.3, -0.25) is 14.5 Å². The van der Waals surface area contributed by atoms with Gasteiger partial charge in [0.1, 0.15) is 11.5 Å². The molecule has 2 amide bonds. The van der Waals surface area contributed by atoms with Crippen LogP contribution in [-0.2, 0) is 16.1 Å². The first kappa shape index (κ1) is 25.3. The molecule has 1 unspecified atom stereocenters. The zero-order valence-corrected chi connectivity index (χ0v) is 17.2. The first-order valence-electron chi connectivity index (χ1n) is 8.24. The quantitative estimate of drug-likeness (QED) is 0.556. The second-order valence-corrected chi connectivity index (χ2v) is 5.99. The van der Waals surface area contributed by atoms with Gasteiger partial charge in [-0.25, -0.2) is 0 Å². The number of likely N-dealkylation sites (tertiary alicyclic amines) is 1. The maximum atomic E-state index is 11.8. The predicted octanol–water partition coefficient (Wildman–Crippen LogP) is 0.313. The molecule has 1 aliphatic heterocycles. The molecular formula is C17H28Cl2N4O4. The third-order valence-corrected chi connectivity index (χ3v) is 4.09. The van der Waals surface area contributed by atoms with Crippen LogP contribution in [0.3, 0.4) is 0 Å². The Morgan fingerprint density at radius 3 is 2.33 bits per heavy atom. The largest absolute Gasteiger partial charge is 0.497 e. The fourth-order valence-corrected chi connectivity index (χ4v) is 2.84. The third-order valence-electron chi connectivity index (χ3n) is 4.09. The fraction of sp³-hybridized carbons (Fsp3) is 0.529. The van der Waals surface area contributed by atoms with Crippen LogP contribution in [0.1, 0.15) is 12.0 Å². The van der Waals surface area contributed by atoms with Crippen LogP contribution in [0.5, 0.6) is 11.5 Å². The average Bonchev–Trinajstić information content (AvgIpc) is 3.05. The van der Waals surface area contributed by atoms with Gasteiger partial charge in [0, 0.05) is 31.7 Å². The van der Waals surface area contributed by atoms with Crippen molar-refractivity contribution < 1.29 is 19.1 Å². The van der Waals surface area contributed by atoms with Crippen LogP contribution < -0.4 is 25.8 Å². The summed E-state index contributed by atoms with van der Waals surface area (Å²) in [6.45, 7) is 2.24. The molecule has 1 aliphatic rings. The van der Waals surface area contributed by atoms with E-state index in [1.54, 1.807) is 14.2 Å². The SMILES string of the molecule is COc1cc(CN2CCC(NC(=O)CNC(=O)CN)C2)cc(OC)c1.Cl.Cl. The Kier molecular flexibility index (Phi) is 11.8. The molecule has 2 rings (SSSR count). The highest BCUT2D eigenvalue weighted by Crippen LogP contribution is 2.24. The molecule has 4 N–H and O–H groups in total. The fourth-order valence-electron chi connectivity index (χ4n) is 2.84. The number of hydrogen-bond acceptors (Lipinski definition) is 6. The second-order valence-electron chi connectivity index (χ2n) is 5.99. The lowest BCUT2D eigenvalue weighted by atomic mass is 10.2. The molecule has 1 aromatic rings. The van der Waals surface area contributed by atoms with Gasteiger partial charge in [-0.05, 0) is 24.1 Å². The monoisotopic (exact) mass is 422 g/mol. The van der Waals surface area contributed by atoms with E-state index in [0.29, 0.717) is 0 Å². The highest BCUT2D eigenvalue weighted by Gasteiger charge is 2.24. The molecule has 0 spiro atoms. The molecule has 1 heterocycles. The zero-order valence-electron chi connectivity index (χ0n) is 15.5. The van der Waals surface area contributed by atoms with Crippen molar-refractivity contribution in [2.45, 2.75) is 19.0 Å². The Labute approximate surface area is 171 Å². The van der Waals surface area contributed by atoms with E-state index in [9.17, 15) is 9.59 Å². The van der Waals surface area contributed by atoms with Crippen molar-refractivity contribution in [3.63, 3.8) is 0 Å². The van der Waals surface area contributed by atoms with Crippen LogP contribution >= 0.6 is 24.8 Å². The molecule has 1 saturated heterocycles. The number of halogens is 2. The summed E-state index contributed by atoms with van der Waals surface area (Å²) in [6.07, 6.45) is 0.873. The molecule has 0 saturated carbocycles. The number of carbonyl (C=O) groups excluding carboxylic acids is 2. The minimum Gasteiger partial charge on any atom is -0.497 e. The van der Waals surface area contributed by atoms with Crippen molar-refractivity contribution in [1.29, 1.82) is 0 Å². The Balaban J connectivity index is 0.00000338. The summed E-state index contributed by atoms with van der Waals surface area (Å²) in [7, 11) is 3.26. The van der Waals surface area contributed by atoms with Gasteiger partial charge < -0.3 is 25.8 Å². The Morgan fingerprint density at radius 2 is 1.78 bits per heavy atom. The number of nitrogens with zero attached hydrogens (tertiary/aromatic N) is 1. The van der Waals surface area contributed by atoms with Gasteiger partial charge in [-0.1, -0.05) is 0 Å². The van der Waals surface area contributed by atoms with Crippen LogP contribution in [0.2, 0.25) is 0 Å². The molecule has 1 atom stereocenters. The van der Waals surface area contributed by atoms with E-state index in [2.05, 4.69) is 15.5 Å². The predicted molar refractivity (Wildman–Crippen MR) is 108 cm³/mol. The van der Waals surface area contributed by atoms with Gasteiger partial charge in [0.05, 0.1) is 27.3 Å². The topological polar surface area (TPSA) is 106 Å². The number of nitrogens with two attached hydrogens (primary N) is 1. The molecule has 27 heavy (non-hydrogen) atoms. The molecule has 1 aromatic carbocycles. The van der Waals surface area contributed by atoms with Crippen molar-refractivity contribution in [3.05, 3.63) is 23.8 Å². The third kappa shape index (κ3) is 8.21. The number of methoxy groups -OCH3 is 2. The van der Waals surface area contributed by atoms with Gasteiger partial charge in [-0.15, -0.1) is 24.8 Å². The lowest BCUT2D eigenvalue weighted by molar-refractivity contribution is -0.125. The minimum atomic E-state index is -0.338. The van der Waals surface area contributed by atoms with E-state index in [4.69, 9.17) is 15.2 Å². The van der Waals surface area contributed by atoms with E-state index in [0.717, 1.165) is 43.1 Å². The smallest absolute Gasteiger partial charge is 0.239 e. The normalized spacial score (nSPS) is 15.9. The molecule has 154 valence electrons. The Morgan fingerprint density at radius 1 is 1.15 bits per heavy atom. The van der Waals surface area contributed by atoms with Crippen molar-refractivity contribution in [2.75, 3.05) is 40.4 Å². The summed E-state index contributed by atoms with van der Waals surface area (Å²) in [4.78, 5) is 25.2. The highest BCUT2D eigenvalue weighted by molar-refractivity contribution is 5.86. The van der Waals surface area contributed by atoms with Crippen molar-refractivity contribution in [3.8, 4) is 11.5 Å². The molecule has 8 nitrogen and oxygen atoms in total. The van der Waals surface area contributed by atoms with Gasteiger partial charge in [0.25, 0.3) is 0 Å². The average molecular weight is 423 g/mol. The van der Waals surface area contributed by atoms with Crippen molar-refractivity contribution in [1.82, 2.24) is 15.5 Å². The second kappa shape index (κ2) is 12.6. The molecule has 0 aliphatic carbocycles. The first-order valence-corrected chi connectivity index (χ1v) is 8.24. The van der Waals surface area contributed by atoms with Gasteiger partial charge in [0.2, 0.25) is 11.8 Å². The Hall–Kier alpha value is -1.74.